The van der Waals surface area contributed by atoms with Crippen molar-refractivity contribution in [3.05, 3.63) is 74.8 Å². The molecule has 0 saturated carbocycles. The first-order chi connectivity index (χ1) is 33.8. The maximum Gasteiger partial charge on any atom is 0.254 e. The first-order valence-electron chi connectivity index (χ1n) is 23.1. The quantitative estimate of drug-likeness (QED) is 0.0932. The molecule has 5 heterocycles. The average molecular weight is 1000 g/mol. The van der Waals surface area contributed by atoms with E-state index in [0.29, 0.717) is 13.2 Å². The van der Waals surface area contributed by atoms with Crippen LogP contribution in [0.25, 0.3) is 0 Å². The van der Waals surface area contributed by atoms with Gasteiger partial charge in [-0.15, -0.1) is 11.3 Å². The predicted octanol–water partition coefficient (Wildman–Crippen LogP) is 1.30. The molecule has 5 N–H and O–H groups in total. The summed E-state index contributed by atoms with van der Waals surface area (Å²) in [5, 5.41) is 44.0. The molecular weight excluding hydrogens is 949 g/mol. The molecule has 23 heteroatoms. The number of ether oxygens (including phenoxy) is 6. The third kappa shape index (κ3) is 8.66. The summed E-state index contributed by atoms with van der Waals surface area (Å²) < 4.78 is 36.3. The van der Waals surface area contributed by atoms with Crippen molar-refractivity contribution in [2.45, 2.75) is 108 Å². The number of phenolic OH excluding ortho intramolecular Hbond substituents is 2. The van der Waals surface area contributed by atoms with E-state index in [1.54, 1.807) is 13.8 Å². The van der Waals surface area contributed by atoms with Gasteiger partial charge in [0.15, 0.2) is 29.7 Å². The molecule has 0 spiro atoms. The number of aliphatic hydroxyl groups is 1. The fraction of sp³-hybridized carbons (Fsp3) is 0.500. The number of ketones is 2. The Labute approximate surface area is 410 Å². The molecule has 9 rings (SSSR count). The number of hydrogen-bond acceptors (Lipinski definition) is 19. The number of carbonyl (C=O) groups excluding carboxylic acids is 7. The zero-order chi connectivity index (χ0) is 51.0. The van der Waals surface area contributed by atoms with E-state index in [9.17, 15) is 48.9 Å². The number of carbonyl (C=O) groups is 7. The Morgan fingerprint density at radius 3 is 2.41 bits per heavy atom. The topological polar surface area (TPSA) is 282 Å². The second-order valence-electron chi connectivity index (χ2n) is 18.7. The number of phenols is 2. The molecular formula is C48H54N6O16S. The van der Waals surface area contributed by atoms with Crippen LogP contribution in [-0.2, 0) is 59.7 Å². The predicted molar refractivity (Wildman–Crippen MR) is 246 cm³/mol. The Kier molecular flexibility index (Phi) is 13.4. The number of imide groups is 1. The third-order valence-electron chi connectivity index (χ3n) is 14.0. The smallest absolute Gasteiger partial charge is 0.254 e. The number of nitrogens with one attached hydrogen (secondary N) is 2. The lowest BCUT2D eigenvalue weighted by atomic mass is 9.72. The molecule has 0 radical (unpaired) electrons. The number of morpholine rings is 1. The largest absolute Gasteiger partial charge is 0.507 e. The van der Waals surface area contributed by atoms with Gasteiger partial charge < -0.3 is 54.4 Å². The number of rotatable bonds is 13. The van der Waals surface area contributed by atoms with Gasteiger partial charge in [-0.05, 0) is 25.8 Å². The lowest BCUT2D eigenvalue weighted by Crippen LogP contribution is -2.56. The van der Waals surface area contributed by atoms with Crippen LogP contribution >= 0.6 is 11.3 Å². The zero-order valence-electron chi connectivity index (χ0n) is 39.8. The molecule has 3 aromatic rings. The first kappa shape index (κ1) is 49.8. The van der Waals surface area contributed by atoms with Gasteiger partial charge in [-0.3, -0.25) is 48.3 Å². The van der Waals surface area contributed by atoms with E-state index >= 15 is 0 Å². The second kappa shape index (κ2) is 19.1. The van der Waals surface area contributed by atoms with Crippen molar-refractivity contribution in [2.75, 3.05) is 45.9 Å². The number of benzene rings is 2. The Balaban J connectivity index is 0.993. The van der Waals surface area contributed by atoms with Gasteiger partial charge in [-0.25, -0.2) is 4.98 Å². The highest BCUT2D eigenvalue weighted by atomic mass is 32.1. The fourth-order valence-electron chi connectivity index (χ4n) is 10.4. The molecule has 10 atom stereocenters. The van der Waals surface area contributed by atoms with Crippen LogP contribution in [0.1, 0.15) is 95.3 Å². The van der Waals surface area contributed by atoms with Crippen LogP contribution in [0.5, 0.6) is 17.2 Å². The van der Waals surface area contributed by atoms with E-state index < -0.39 is 131 Å². The highest BCUT2D eigenvalue weighted by molar-refractivity contribution is 7.14. The SMILES string of the molecule is COc1cccc2c1C(=O)c1c(O)c3c(c(O)c1C2=O)C[C@@](O)(c1csc(N(C)C(=O)[C@H](C)NC(=O)[C@@H](NC(=O)CN2C(=O)C=CC2=O)C(C)C)n1)C[C@@H]3O[C@H]1C[C@H]2[C@H](OC3[C@@H](OC)OCCN32)[C@H](C)O1. The summed E-state index contributed by atoms with van der Waals surface area (Å²) in [5.74, 6) is -6.57. The van der Waals surface area contributed by atoms with E-state index in [-0.39, 0.29) is 63.8 Å². The van der Waals surface area contributed by atoms with Crippen molar-refractivity contribution in [3.63, 3.8) is 0 Å². The van der Waals surface area contributed by atoms with Gasteiger partial charge in [0.05, 0.1) is 48.3 Å². The van der Waals surface area contributed by atoms with Gasteiger partial charge in [0.2, 0.25) is 17.6 Å². The van der Waals surface area contributed by atoms with Crippen LogP contribution < -0.4 is 20.3 Å². The number of hydrogen-bond donors (Lipinski definition) is 5. The molecule has 5 amide bonds. The fourth-order valence-corrected chi connectivity index (χ4v) is 11.3. The maximum atomic E-state index is 14.3. The first-order valence-corrected chi connectivity index (χ1v) is 24.0. The van der Waals surface area contributed by atoms with E-state index in [0.717, 1.165) is 28.4 Å². The molecule has 3 fully saturated rings. The van der Waals surface area contributed by atoms with Crippen LogP contribution in [-0.4, -0.2) is 161 Å². The van der Waals surface area contributed by atoms with Crippen LogP contribution in [0, 0.1) is 5.92 Å². The number of aromatic nitrogens is 1. The Morgan fingerprint density at radius 2 is 1.72 bits per heavy atom. The molecule has 22 nitrogen and oxygen atoms in total. The van der Waals surface area contributed by atoms with Crippen LogP contribution in [0.4, 0.5) is 5.13 Å². The number of amides is 5. The summed E-state index contributed by atoms with van der Waals surface area (Å²) in [5.41, 5.74) is -3.11. The highest BCUT2D eigenvalue weighted by Crippen LogP contribution is 2.55. The molecule has 71 heavy (non-hydrogen) atoms. The van der Waals surface area contributed by atoms with Crippen molar-refractivity contribution < 1.29 is 77.3 Å². The zero-order valence-corrected chi connectivity index (χ0v) is 40.6. The summed E-state index contributed by atoms with van der Waals surface area (Å²) >= 11 is 0.989. The molecule has 1 aromatic heterocycles. The number of nitrogens with zero attached hydrogens (tertiary/aromatic N) is 4. The van der Waals surface area contributed by atoms with Crippen LogP contribution in [0.2, 0.25) is 0 Å². The van der Waals surface area contributed by atoms with Gasteiger partial charge in [-0.2, -0.15) is 0 Å². The van der Waals surface area contributed by atoms with E-state index in [1.165, 1.54) is 56.7 Å². The summed E-state index contributed by atoms with van der Waals surface area (Å²) in [6, 6.07) is 1.91. The van der Waals surface area contributed by atoms with Crippen molar-refractivity contribution in [1.29, 1.82) is 0 Å². The number of fused-ring (bicyclic) bond motifs is 6. The molecule has 2 aromatic carbocycles. The standard InChI is InChI=1S/C48H54N6O16S/c1-20(2)37(51-29(55)18-54-30(56)11-12-31(54)57)43(62)49-21(3)44(63)52(5)47-50-28(19-71-47)48(64)16-24-34(41(61)36-35(39(24)59)38(58)23-9-8-10-26(65-6)33(23)40(36)60)27(17-48)69-32-15-25-42(22(4)68-32)70-45-46(66-7)67-14-13-53(25)45/h8-12,19-22,25,27,32,37,42,45-46,59,61,64H,13-18H2,1-7H3,(H,49,62)(H,51,55)/t21-,22-,25-,27-,32-,37-,42+,45?,46-,48-/m0/s1. The lowest BCUT2D eigenvalue weighted by Gasteiger charge is -2.43. The van der Waals surface area contributed by atoms with Gasteiger partial charge in [-0.1, -0.05) is 26.0 Å². The summed E-state index contributed by atoms with van der Waals surface area (Å²) in [7, 11) is 4.29. The minimum Gasteiger partial charge on any atom is -0.507 e. The Morgan fingerprint density at radius 1 is 1.00 bits per heavy atom. The average Bonchev–Trinajstić information content (AvgIpc) is 4.08. The molecule has 0 bridgehead atoms. The van der Waals surface area contributed by atoms with Gasteiger partial charge in [0, 0.05) is 80.2 Å². The third-order valence-corrected chi connectivity index (χ3v) is 14.9. The van der Waals surface area contributed by atoms with Crippen molar-refractivity contribution in [2.24, 2.45) is 5.92 Å². The number of thiazole rings is 1. The van der Waals surface area contributed by atoms with E-state index in [4.69, 9.17) is 28.4 Å². The number of likely N-dealkylation sites (N-methyl/N-ethyl adjacent to an activating group) is 1. The van der Waals surface area contributed by atoms with Gasteiger partial charge in [0.1, 0.15) is 47.6 Å². The van der Waals surface area contributed by atoms with E-state index in [2.05, 4.69) is 20.5 Å². The number of aromatic hydroxyl groups is 2. The Bertz CT molecular complexity index is 2740. The number of methoxy groups -OCH3 is 2. The molecule has 378 valence electrons. The highest BCUT2D eigenvalue weighted by Gasteiger charge is 2.55. The molecule has 3 saturated heterocycles. The van der Waals surface area contributed by atoms with Crippen LogP contribution in [0.3, 0.4) is 0 Å². The number of anilines is 1. The minimum absolute atomic E-state index is 0.0339. The summed E-state index contributed by atoms with van der Waals surface area (Å²) in [6.45, 7) is 6.93. The summed E-state index contributed by atoms with van der Waals surface area (Å²) in [6.07, 6.45) is -2.75. The Hall–Kier alpha value is -6.18. The second-order valence-corrected chi connectivity index (χ2v) is 19.6. The van der Waals surface area contributed by atoms with Crippen molar-refractivity contribution >= 4 is 57.6 Å². The molecule has 4 aliphatic heterocycles. The molecule has 1 unspecified atom stereocenters. The van der Waals surface area contributed by atoms with E-state index in [1.807, 2.05) is 6.92 Å². The van der Waals surface area contributed by atoms with Gasteiger partial charge >= 0.3 is 0 Å². The normalized spacial score (nSPS) is 27.6. The monoisotopic (exact) mass is 1000 g/mol. The molecule has 6 aliphatic rings. The van der Waals surface area contributed by atoms with Crippen molar-refractivity contribution in [1.82, 2.24) is 25.4 Å². The van der Waals surface area contributed by atoms with Crippen molar-refractivity contribution in [3.8, 4) is 17.2 Å². The molecule has 2 aliphatic carbocycles. The van der Waals surface area contributed by atoms with Gasteiger partial charge in [0.25, 0.3) is 17.7 Å². The summed E-state index contributed by atoms with van der Waals surface area (Å²) in [4.78, 5) is 101. The van der Waals surface area contributed by atoms with Crippen LogP contribution in [0.15, 0.2) is 35.7 Å². The minimum atomic E-state index is -2.00. The lowest BCUT2D eigenvalue weighted by molar-refractivity contribution is -0.256. The maximum absolute atomic E-state index is 14.3.